The molecular weight excluding hydrogens is 428 g/mol. The number of nitrogens with zero attached hydrogens (tertiary/aromatic N) is 2. The smallest absolute Gasteiger partial charge is 0.296 e. The number of carbonyl (C=O) groups excluding carboxylic acids is 1. The molecule has 0 spiro atoms. The average Bonchev–Trinajstić information content (AvgIpc) is 3.12. The van der Waals surface area contributed by atoms with E-state index in [1.807, 2.05) is 76.2 Å². The number of fused-ring (bicyclic) bond motifs is 2. The van der Waals surface area contributed by atoms with Gasteiger partial charge in [-0.15, -0.1) is 0 Å². The molecule has 34 heavy (non-hydrogen) atoms. The Balaban J connectivity index is 1.78. The van der Waals surface area contributed by atoms with Crippen molar-refractivity contribution < 1.29 is 13.9 Å². The Morgan fingerprint density at radius 2 is 1.82 bits per heavy atom. The average molecular weight is 455 g/mol. The molecule has 0 saturated heterocycles. The Bertz CT molecular complexity index is 1490. The summed E-state index contributed by atoms with van der Waals surface area (Å²) in [6.45, 7) is 8.48. The first-order chi connectivity index (χ1) is 16.4. The number of carbonyl (C=O) groups is 1. The number of pyridine rings is 1. The quantitative estimate of drug-likeness (QED) is 0.390. The first-order valence-corrected chi connectivity index (χ1v) is 11.5. The molecule has 2 aromatic heterocycles. The van der Waals surface area contributed by atoms with Crippen LogP contribution in [0.1, 0.15) is 57.8 Å². The lowest BCUT2D eigenvalue weighted by atomic mass is 9.97. The standard InChI is InChI=1S/C28H26N2O4/c1-5-11-33-20-8-6-7-19(15-20)25-24-26(31)21-13-17(3)18(4)14-22(21)34-27(24)28(32)30(25)23-12-16(2)9-10-29-23/h6-10,12-15,25H,5,11H2,1-4H3. The summed E-state index contributed by atoms with van der Waals surface area (Å²) in [6, 6.07) is 14.2. The first kappa shape index (κ1) is 21.9. The van der Waals surface area contributed by atoms with Gasteiger partial charge >= 0.3 is 0 Å². The monoisotopic (exact) mass is 454 g/mol. The molecule has 0 N–H and O–H groups in total. The first-order valence-electron chi connectivity index (χ1n) is 11.5. The Morgan fingerprint density at radius 3 is 2.59 bits per heavy atom. The van der Waals surface area contributed by atoms with Crippen LogP contribution in [0, 0.1) is 20.8 Å². The molecule has 0 saturated carbocycles. The lowest BCUT2D eigenvalue weighted by Crippen LogP contribution is -2.30. The fraction of sp³-hybridized carbons (Fsp3) is 0.250. The number of aryl methyl sites for hydroxylation is 3. The predicted molar refractivity (Wildman–Crippen MR) is 132 cm³/mol. The molecule has 1 aliphatic heterocycles. The highest BCUT2D eigenvalue weighted by Gasteiger charge is 2.44. The van der Waals surface area contributed by atoms with E-state index in [0.717, 1.165) is 28.7 Å². The lowest BCUT2D eigenvalue weighted by molar-refractivity contribution is 0.0970. The van der Waals surface area contributed by atoms with Crippen LogP contribution in [0.25, 0.3) is 11.0 Å². The van der Waals surface area contributed by atoms with Gasteiger partial charge in [0.15, 0.2) is 5.43 Å². The normalized spacial score (nSPS) is 15.1. The van der Waals surface area contributed by atoms with E-state index in [2.05, 4.69) is 4.98 Å². The van der Waals surface area contributed by atoms with Gasteiger partial charge in [0, 0.05) is 6.20 Å². The maximum Gasteiger partial charge on any atom is 0.296 e. The molecule has 1 unspecified atom stereocenters. The molecule has 6 nitrogen and oxygen atoms in total. The van der Waals surface area contributed by atoms with Crippen molar-refractivity contribution in [3.8, 4) is 5.75 Å². The second kappa shape index (κ2) is 8.45. The van der Waals surface area contributed by atoms with Crippen molar-refractivity contribution >= 4 is 22.7 Å². The summed E-state index contributed by atoms with van der Waals surface area (Å²) in [5, 5.41) is 0.470. The van der Waals surface area contributed by atoms with Crippen LogP contribution in [-0.2, 0) is 0 Å². The minimum Gasteiger partial charge on any atom is -0.494 e. The van der Waals surface area contributed by atoms with Crippen LogP contribution in [0.15, 0.2) is 63.9 Å². The van der Waals surface area contributed by atoms with Gasteiger partial charge in [-0.05, 0) is 85.8 Å². The molecule has 3 heterocycles. The molecular formula is C28H26N2O4. The summed E-state index contributed by atoms with van der Waals surface area (Å²) in [5.74, 6) is 0.843. The van der Waals surface area contributed by atoms with E-state index < -0.39 is 6.04 Å². The SMILES string of the molecule is CCCOc1cccc(C2c3c(oc4cc(C)c(C)cc4c3=O)C(=O)N2c2cc(C)ccn2)c1. The zero-order chi connectivity index (χ0) is 24.0. The lowest BCUT2D eigenvalue weighted by Gasteiger charge is -2.24. The highest BCUT2D eigenvalue weighted by Crippen LogP contribution is 2.41. The molecule has 0 bridgehead atoms. The second-order valence-electron chi connectivity index (χ2n) is 8.80. The third-order valence-electron chi connectivity index (χ3n) is 6.28. The molecule has 1 amide bonds. The van der Waals surface area contributed by atoms with Crippen molar-refractivity contribution in [1.29, 1.82) is 0 Å². The second-order valence-corrected chi connectivity index (χ2v) is 8.80. The highest BCUT2D eigenvalue weighted by atomic mass is 16.5. The number of hydrogen-bond donors (Lipinski definition) is 0. The molecule has 6 heteroatoms. The van der Waals surface area contributed by atoms with Gasteiger partial charge < -0.3 is 9.15 Å². The van der Waals surface area contributed by atoms with Crippen molar-refractivity contribution in [3.05, 3.63) is 98.5 Å². The van der Waals surface area contributed by atoms with E-state index in [9.17, 15) is 9.59 Å². The number of hydrogen-bond acceptors (Lipinski definition) is 5. The zero-order valence-corrected chi connectivity index (χ0v) is 19.7. The van der Waals surface area contributed by atoms with Crippen LogP contribution < -0.4 is 15.1 Å². The maximum atomic E-state index is 13.8. The molecule has 4 aromatic rings. The zero-order valence-electron chi connectivity index (χ0n) is 19.7. The fourth-order valence-electron chi connectivity index (χ4n) is 4.43. The summed E-state index contributed by atoms with van der Waals surface area (Å²) in [5.41, 5.74) is 4.26. The number of rotatable bonds is 5. The minimum absolute atomic E-state index is 0.0638. The molecule has 1 aliphatic rings. The van der Waals surface area contributed by atoms with Crippen LogP contribution >= 0.6 is 0 Å². The van der Waals surface area contributed by atoms with Gasteiger partial charge in [0.2, 0.25) is 5.76 Å². The number of ether oxygens (including phenoxy) is 1. The molecule has 5 rings (SSSR count). The molecule has 0 fully saturated rings. The third kappa shape index (κ3) is 3.55. The van der Waals surface area contributed by atoms with Gasteiger partial charge in [0.1, 0.15) is 17.2 Å². The summed E-state index contributed by atoms with van der Waals surface area (Å²) < 4.78 is 12.0. The van der Waals surface area contributed by atoms with E-state index in [4.69, 9.17) is 9.15 Å². The van der Waals surface area contributed by atoms with Crippen LogP contribution in [0.4, 0.5) is 5.82 Å². The van der Waals surface area contributed by atoms with E-state index in [0.29, 0.717) is 34.7 Å². The number of amides is 1. The van der Waals surface area contributed by atoms with Gasteiger partial charge in [-0.3, -0.25) is 14.5 Å². The Morgan fingerprint density at radius 1 is 1.03 bits per heavy atom. The topological polar surface area (TPSA) is 72.6 Å². The molecule has 172 valence electrons. The Hall–Kier alpha value is -3.93. The predicted octanol–water partition coefficient (Wildman–Crippen LogP) is 5.65. The summed E-state index contributed by atoms with van der Waals surface area (Å²) >= 11 is 0. The van der Waals surface area contributed by atoms with E-state index >= 15 is 0 Å². The molecule has 0 radical (unpaired) electrons. The fourth-order valence-corrected chi connectivity index (χ4v) is 4.43. The van der Waals surface area contributed by atoms with Crippen molar-refractivity contribution in [2.75, 3.05) is 11.5 Å². The highest BCUT2D eigenvalue weighted by molar-refractivity contribution is 6.10. The van der Waals surface area contributed by atoms with Gasteiger partial charge in [-0.25, -0.2) is 4.98 Å². The van der Waals surface area contributed by atoms with Crippen molar-refractivity contribution in [2.24, 2.45) is 0 Å². The van der Waals surface area contributed by atoms with Gasteiger partial charge in [-0.1, -0.05) is 19.1 Å². The minimum atomic E-state index is -0.677. The van der Waals surface area contributed by atoms with Gasteiger partial charge in [0.25, 0.3) is 5.91 Å². The summed E-state index contributed by atoms with van der Waals surface area (Å²) in [4.78, 5) is 33.6. The van der Waals surface area contributed by atoms with Gasteiger partial charge in [-0.2, -0.15) is 0 Å². The van der Waals surface area contributed by atoms with Crippen LogP contribution in [0.3, 0.4) is 0 Å². The van der Waals surface area contributed by atoms with Crippen LogP contribution in [0.5, 0.6) is 5.75 Å². The van der Waals surface area contributed by atoms with Crippen molar-refractivity contribution in [2.45, 2.75) is 40.2 Å². The maximum absolute atomic E-state index is 13.8. The van der Waals surface area contributed by atoms with Crippen molar-refractivity contribution in [3.63, 3.8) is 0 Å². The molecule has 0 aliphatic carbocycles. The molecule has 2 aromatic carbocycles. The number of anilines is 1. The number of benzene rings is 2. The summed E-state index contributed by atoms with van der Waals surface area (Å²) in [7, 11) is 0. The third-order valence-corrected chi connectivity index (χ3v) is 6.28. The summed E-state index contributed by atoms with van der Waals surface area (Å²) in [6.07, 6.45) is 2.54. The van der Waals surface area contributed by atoms with Crippen LogP contribution in [-0.4, -0.2) is 17.5 Å². The van der Waals surface area contributed by atoms with E-state index in [-0.39, 0.29) is 17.1 Å². The Labute approximate surface area is 197 Å². The largest absolute Gasteiger partial charge is 0.494 e. The van der Waals surface area contributed by atoms with Gasteiger partial charge in [0.05, 0.1) is 23.6 Å². The van der Waals surface area contributed by atoms with E-state index in [1.165, 1.54) is 0 Å². The van der Waals surface area contributed by atoms with Crippen molar-refractivity contribution in [1.82, 2.24) is 4.98 Å². The Kier molecular flexibility index (Phi) is 5.44. The van der Waals surface area contributed by atoms with Crippen LogP contribution in [0.2, 0.25) is 0 Å². The number of aromatic nitrogens is 1. The molecule has 1 atom stereocenters. The van der Waals surface area contributed by atoms with E-state index in [1.54, 1.807) is 11.1 Å².